The fourth-order valence-corrected chi connectivity index (χ4v) is 4.75. The number of fused-ring (bicyclic) bond motifs is 1. The van der Waals surface area contributed by atoms with Crippen molar-refractivity contribution in [2.45, 2.75) is 11.8 Å². The molecule has 0 bridgehead atoms. The maximum Gasteiger partial charge on any atom is 0.181 e. The summed E-state index contributed by atoms with van der Waals surface area (Å²) in [5.74, 6) is 0.338. The Bertz CT molecular complexity index is 484. The van der Waals surface area contributed by atoms with Crippen molar-refractivity contribution in [3.05, 3.63) is 22.7 Å². The molecule has 0 saturated carbocycles. The van der Waals surface area contributed by atoms with Gasteiger partial charge < -0.3 is 5.32 Å². The Labute approximate surface area is 97.9 Å². The van der Waals surface area contributed by atoms with Crippen LogP contribution in [0.15, 0.2) is 27.6 Å². The molecule has 1 aliphatic rings. The summed E-state index contributed by atoms with van der Waals surface area (Å²) in [7, 11) is -3.17. The van der Waals surface area contributed by atoms with Crippen LogP contribution in [0.1, 0.15) is 6.92 Å². The fourth-order valence-electron chi connectivity index (χ4n) is 1.77. The van der Waals surface area contributed by atoms with Gasteiger partial charge in [-0.1, -0.05) is 13.0 Å². The number of anilines is 1. The lowest BCUT2D eigenvalue weighted by molar-refractivity contribution is 0.582. The highest BCUT2D eigenvalue weighted by atomic mass is 79.9. The first-order chi connectivity index (χ1) is 7.00. The van der Waals surface area contributed by atoms with Gasteiger partial charge in [0.2, 0.25) is 0 Å². The summed E-state index contributed by atoms with van der Waals surface area (Å²) >= 11 is 3.29. The van der Waals surface area contributed by atoms with E-state index in [1.165, 1.54) is 0 Å². The summed E-state index contributed by atoms with van der Waals surface area (Å²) < 4.78 is 24.7. The molecule has 1 aromatic rings. The molecular weight excluding hydrogens is 278 g/mol. The molecule has 0 aliphatic carbocycles. The van der Waals surface area contributed by atoms with Gasteiger partial charge in [-0.25, -0.2) is 8.42 Å². The quantitative estimate of drug-likeness (QED) is 0.797. The third-order valence-electron chi connectivity index (χ3n) is 2.42. The Morgan fingerprint density at radius 1 is 1.47 bits per heavy atom. The number of benzene rings is 1. The van der Waals surface area contributed by atoms with Crippen molar-refractivity contribution in [1.82, 2.24) is 0 Å². The number of rotatable bonds is 0. The number of hydrogen-bond acceptors (Lipinski definition) is 3. The average Bonchev–Trinajstić information content (AvgIpc) is 2.23. The second kappa shape index (κ2) is 3.79. The molecule has 3 nitrogen and oxygen atoms in total. The minimum absolute atomic E-state index is 0.134. The van der Waals surface area contributed by atoms with E-state index < -0.39 is 9.84 Å². The van der Waals surface area contributed by atoms with Crippen LogP contribution < -0.4 is 5.32 Å². The normalized spacial score (nSPS) is 23.7. The van der Waals surface area contributed by atoms with Crippen molar-refractivity contribution in [2.24, 2.45) is 5.92 Å². The van der Waals surface area contributed by atoms with Gasteiger partial charge in [0.25, 0.3) is 0 Å². The molecule has 1 unspecified atom stereocenters. The SMILES string of the molecule is CC1CNc2cccc(Br)c2S(=O)(=O)C1. The fraction of sp³-hybridized carbons (Fsp3) is 0.400. The molecule has 1 N–H and O–H groups in total. The molecule has 2 rings (SSSR count). The predicted molar refractivity (Wildman–Crippen MR) is 63.8 cm³/mol. The lowest BCUT2D eigenvalue weighted by atomic mass is 10.2. The van der Waals surface area contributed by atoms with E-state index in [0.717, 1.165) is 0 Å². The molecule has 0 spiro atoms. The van der Waals surface area contributed by atoms with Crippen molar-refractivity contribution in [3.8, 4) is 0 Å². The van der Waals surface area contributed by atoms with Crippen LogP contribution in [0.3, 0.4) is 0 Å². The van der Waals surface area contributed by atoms with E-state index in [2.05, 4.69) is 21.2 Å². The molecule has 5 heteroatoms. The number of halogens is 1. The van der Waals surface area contributed by atoms with Gasteiger partial charge in [0.1, 0.15) is 4.90 Å². The lowest BCUT2D eigenvalue weighted by Gasteiger charge is -2.08. The smallest absolute Gasteiger partial charge is 0.181 e. The van der Waals surface area contributed by atoms with Crippen LogP contribution in [0, 0.1) is 5.92 Å². The van der Waals surface area contributed by atoms with Gasteiger partial charge in [-0.3, -0.25) is 0 Å². The zero-order valence-electron chi connectivity index (χ0n) is 8.33. The van der Waals surface area contributed by atoms with Gasteiger partial charge in [-0.15, -0.1) is 0 Å². The topological polar surface area (TPSA) is 46.2 Å². The summed E-state index contributed by atoms with van der Waals surface area (Å²) in [4.78, 5) is 0.398. The second-order valence-electron chi connectivity index (χ2n) is 3.88. The Kier molecular flexibility index (Phi) is 2.77. The van der Waals surface area contributed by atoms with Crippen molar-refractivity contribution in [1.29, 1.82) is 0 Å². The summed E-state index contributed by atoms with van der Waals surface area (Å²) in [6.45, 7) is 2.63. The molecular formula is C10H12BrNO2S. The van der Waals surface area contributed by atoms with Gasteiger partial charge in [0.05, 0.1) is 11.4 Å². The van der Waals surface area contributed by atoms with E-state index >= 15 is 0 Å². The Hall–Kier alpha value is -0.550. The standard InChI is InChI=1S/C10H12BrNO2S/c1-7-5-12-9-4-2-3-8(11)10(9)15(13,14)6-7/h2-4,7,12H,5-6H2,1H3. The number of hydrogen-bond donors (Lipinski definition) is 1. The van der Waals surface area contributed by atoms with Crippen LogP contribution in [-0.4, -0.2) is 20.7 Å². The second-order valence-corrected chi connectivity index (χ2v) is 6.71. The first kappa shape index (κ1) is 11.0. The minimum atomic E-state index is -3.17. The first-order valence-corrected chi connectivity index (χ1v) is 7.20. The first-order valence-electron chi connectivity index (χ1n) is 4.76. The monoisotopic (exact) mass is 289 g/mol. The van der Waals surface area contributed by atoms with Gasteiger partial charge in [-0.05, 0) is 34.0 Å². The average molecular weight is 290 g/mol. The number of nitrogens with one attached hydrogen (secondary N) is 1. The van der Waals surface area contributed by atoms with Gasteiger partial charge >= 0.3 is 0 Å². The zero-order chi connectivity index (χ0) is 11.1. The zero-order valence-corrected chi connectivity index (χ0v) is 10.7. The lowest BCUT2D eigenvalue weighted by Crippen LogP contribution is -2.15. The summed E-state index contributed by atoms with van der Waals surface area (Å²) in [6.07, 6.45) is 0. The van der Waals surface area contributed by atoms with Crippen LogP contribution >= 0.6 is 15.9 Å². The summed E-state index contributed by atoms with van der Waals surface area (Å²) in [5, 5.41) is 3.16. The Balaban J connectivity index is 2.65. The van der Waals surface area contributed by atoms with E-state index in [0.29, 0.717) is 21.6 Å². The summed E-state index contributed by atoms with van der Waals surface area (Å²) in [6, 6.07) is 5.39. The van der Waals surface area contributed by atoms with Gasteiger partial charge in [0.15, 0.2) is 9.84 Å². The van der Waals surface area contributed by atoms with Crippen LogP contribution in [0.5, 0.6) is 0 Å². The largest absolute Gasteiger partial charge is 0.384 e. The minimum Gasteiger partial charge on any atom is -0.384 e. The van der Waals surface area contributed by atoms with E-state index in [4.69, 9.17) is 0 Å². The predicted octanol–water partition coefficient (Wildman–Crippen LogP) is 2.28. The van der Waals surface area contributed by atoms with Gasteiger partial charge in [0, 0.05) is 11.0 Å². The molecule has 0 aromatic heterocycles. The van der Waals surface area contributed by atoms with Crippen LogP contribution in [-0.2, 0) is 9.84 Å². The molecule has 1 aromatic carbocycles. The highest BCUT2D eigenvalue weighted by molar-refractivity contribution is 9.10. The molecule has 0 radical (unpaired) electrons. The Morgan fingerprint density at radius 3 is 2.93 bits per heavy atom. The van der Waals surface area contributed by atoms with E-state index in [1.807, 2.05) is 13.0 Å². The Morgan fingerprint density at radius 2 is 2.20 bits per heavy atom. The van der Waals surface area contributed by atoms with Crippen LogP contribution in [0.25, 0.3) is 0 Å². The van der Waals surface area contributed by atoms with E-state index in [9.17, 15) is 8.42 Å². The van der Waals surface area contributed by atoms with Crippen molar-refractivity contribution in [2.75, 3.05) is 17.6 Å². The van der Waals surface area contributed by atoms with Crippen LogP contribution in [0.4, 0.5) is 5.69 Å². The number of sulfone groups is 1. The molecule has 82 valence electrons. The molecule has 0 amide bonds. The highest BCUT2D eigenvalue weighted by Crippen LogP contribution is 2.33. The molecule has 1 atom stereocenters. The van der Waals surface area contributed by atoms with Crippen molar-refractivity contribution < 1.29 is 8.42 Å². The maximum absolute atomic E-state index is 12.1. The highest BCUT2D eigenvalue weighted by Gasteiger charge is 2.27. The maximum atomic E-state index is 12.1. The van der Waals surface area contributed by atoms with Crippen molar-refractivity contribution >= 4 is 31.5 Å². The third kappa shape index (κ3) is 2.03. The molecule has 1 aliphatic heterocycles. The molecule has 1 heterocycles. The van der Waals surface area contributed by atoms with E-state index in [-0.39, 0.29) is 11.7 Å². The molecule has 0 fully saturated rings. The van der Waals surface area contributed by atoms with Gasteiger partial charge in [-0.2, -0.15) is 0 Å². The molecule has 15 heavy (non-hydrogen) atoms. The van der Waals surface area contributed by atoms with Crippen LogP contribution in [0.2, 0.25) is 0 Å². The molecule has 0 saturated heterocycles. The summed E-state index contributed by atoms with van der Waals surface area (Å²) in [5.41, 5.74) is 0.703. The van der Waals surface area contributed by atoms with Crippen molar-refractivity contribution in [3.63, 3.8) is 0 Å². The van der Waals surface area contributed by atoms with E-state index in [1.54, 1.807) is 12.1 Å². The third-order valence-corrected chi connectivity index (χ3v) is 5.42.